The molecule has 1 spiro atoms. The molecule has 25 heavy (non-hydrogen) atoms. The monoisotopic (exact) mass is 345 g/mol. The molecule has 5 heteroatoms. The van der Waals surface area contributed by atoms with E-state index in [2.05, 4.69) is 45.0 Å². The second-order valence-corrected chi connectivity index (χ2v) is 8.18. The van der Waals surface area contributed by atoms with E-state index in [1.165, 1.54) is 5.56 Å². The van der Waals surface area contributed by atoms with Crippen LogP contribution < -0.4 is 0 Å². The Labute approximate surface area is 150 Å². The van der Waals surface area contributed by atoms with Gasteiger partial charge in [-0.2, -0.15) is 0 Å². The summed E-state index contributed by atoms with van der Waals surface area (Å²) in [7, 11) is 0. The maximum absolute atomic E-state index is 10.2. The predicted molar refractivity (Wildman–Crippen MR) is 98.6 cm³/mol. The molecule has 2 N–H and O–H groups in total. The molecule has 0 bridgehead atoms. The molecule has 1 aromatic rings. The van der Waals surface area contributed by atoms with Crippen LogP contribution in [0.5, 0.6) is 0 Å². The zero-order valence-corrected chi connectivity index (χ0v) is 15.1. The minimum Gasteiger partial charge on any atom is -0.396 e. The van der Waals surface area contributed by atoms with E-state index in [0.29, 0.717) is 6.04 Å². The molecule has 5 nitrogen and oxygen atoms in total. The van der Waals surface area contributed by atoms with E-state index >= 15 is 0 Å². The molecule has 3 aliphatic heterocycles. The Morgan fingerprint density at radius 1 is 1.00 bits per heavy atom. The van der Waals surface area contributed by atoms with Crippen LogP contribution in [0.3, 0.4) is 0 Å². The highest BCUT2D eigenvalue weighted by molar-refractivity contribution is 5.17. The first-order valence-electron chi connectivity index (χ1n) is 9.73. The smallest absolute Gasteiger partial charge is 0.0682 e. The van der Waals surface area contributed by atoms with Gasteiger partial charge in [-0.3, -0.25) is 14.7 Å². The first-order chi connectivity index (χ1) is 12.2. The Hall–Kier alpha value is -0.980. The molecule has 0 saturated carbocycles. The van der Waals surface area contributed by atoms with Crippen LogP contribution in [0.1, 0.15) is 18.4 Å². The summed E-state index contributed by atoms with van der Waals surface area (Å²) in [5.41, 5.74) is 1.62. The van der Waals surface area contributed by atoms with Crippen molar-refractivity contribution in [2.45, 2.75) is 36.9 Å². The number of piperazine rings is 1. The highest BCUT2D eigenvalue weighted by atomic mass is 16.3. The fourth-order valence-corrected chi connectivity index (χ4v) is 5.14. The number of β-amino-alcohol motifs (C(OH)–C–C–N with tert-alkyl or cyclic N) is 1. The van der Waals surface area contributed by atoms with Crippen LogP contribution in [-0.2, 0) is 6.42 Å². The molecule has 2 atom stereocenters. The molecule has 0 amide bonds. The minimum absolute atomic E-state index is 0.168. The van der Waals surface area contributed by atoms with E-state index in [1.807, 2.05) is 0 Å². The lowest BCUT2D eigenvalue weighted by Crippen LogP contribution is -2.78. The first kappa shape index (κ1) is 17.4. The van der Waals surface area contributed by atoms with Crippen molar-refractivity contribution in [1.82, 2.24) is 14.7 Å². The normalized spacial score (nSPS) is 29.7. The molecule has 1 aromatic carbocycles. The van der Waals surface area contributed by atoms with Crippen LogP contribution in [0.15, 0.2) is 30.3 Å². The molecule has 0 radical (unpaired) electrons. The quantitative estimate of drug-likeness (QED) is 0.783. The third-order valence-electron chi connectivity index (χ3n) is 6.22. The number of hydrogen-bond acceptors (Lipinski definition) is 5. The highest BCUT2D eigenvalue weighted by Gasteiger charge is 2.55. The summed E-state index contributed by atoms with van der Waals surface area (Å²) in [5, 5.41) is 19.3. The Morgan fingerprint density at radius 2 is 1.76 bits per heavy atom. The van der Waals surface area contributed by atoms with Gasteiger partial charge in [0.15, 0.2) is 0 Å². The largest absolute Gasteiger partial charge is 0.396 e. The maximum Gasteiger partial charge on any atom is 0.0682 e. The second-order valence-electron chi connectivity index (χ2n) is 8.18. The lowest BCUT2D eigenvalue weighted by Gasteiger charge is -2.61. The summed E-state index contributed by atoms with van der Waals surface area (Å²) in [6, 6.07) is 11.2. The van der Waals surface area contributed by atoms with Crippen LogP contribution in [0.4, 0.5) is 0 Å². The van der Waals surface area contributed by atoms with Gasteiger partial charge in [0, 0.05) is 58.5 Å². The predicted octanol–water partition coefficient (Wildman–Crippen LogP) is 0.417. The number of nitrogens with zero attached hydrogens (tertiary/aromatic N) is 3. The number of hydrogen-bond donors (Lipinski definition) is 2. The first-order valence-corrected chi connectivity index (χ1v) is 9.73. The van der Waals surface area contributed by atoms with Crippen molar-refractivity contribution in [3.63, 3.8) is 0 Å². The topological polar surface area (TPSA) is 50.2 Å². The van der Waals surface area contributed by atoms with Gasteiger partial charge in [-0.05, 0) is 24.8 Å². The van der Waals surface area contributed by atoms with Crippen LogP contribution in [0.2, 0.25) is 0 Å². The van der Waals surface area contributed by atoms with Crippen LogP contribution >= 0.6 is 0 Å². The summed E-state index contributed by atoms with van der Waals surface area (Å²) < 4.78 is 0. The number of aliphatic hydroxyl groups excluding tert-OH is 2. The highest BCUT2D eigenvalue weighted by Crippen LogP contribution is 2.38. The fourth-order valence-electron chi connectivity index (χ4n) is 5.14. The molecular weight excluding hydrogens is 314 g/mol. The fraction of sp³-hybridized carbons (Fsp3) is 0.700. The van der Waals surface area contributed by atoms with Crippen molar-refractivity contribution in [1.29, 1.82) is 0 Å². The molecule has 3 fully saturated rings. The lowest BCUT2D eigenvalue weighted by molar-refractivity contribution is -0.113. The van der Waals surface area contributed by atoms with Gasteiger partial charge in [-0.25, -0.2) is 0 Å². The molecule has 0 aliphatic carbocycles. The Kier molecular flexibility index (Phi) is 5.11. The van der Waals surface area contributed by atoms with Crippen molar-refractivity contribution in [3.05, 3.63) is 35.9 Å². The Balaban J connectivity index is 1.36. The summed E-state index contributed by atoms with van der Waals surface area (Å²) in [4.78, 5) is 7.68. The number of benzene rings is 1. The third-order valence-corrected chi connectivity index (χ3v) is 6.22. The summed E-state index contributed by atoms with van der Waals surface area (Å²) in [6.45, 7) is 7.54. The van der Waals surface area contributed by atoms with Crippen molar-refractivity contribution in [3.8, 4) is 0 Å². The van der Waals surface area contributed by atoms with E-state index in [0.717, 1.165) is 65.1 Å². The van der Waals surface area contributed by atoms with E-state index in [-0.39, 0.29) is 18.2 Å². The van der Waals surface area contributed by atoms with Gasteiger partial charge in [0.2, 0.25) is 0 Å². The third kappa shape index (κ3) is 3.62. The number of rotatable bonds is 6. The van der Waals surface area contributed by atoms with Crippen molar-refractivity contribution in [2.24, 2.45) is 0 Å². The molecule has 2 unspecified atom stereocenters. The summed E-state index contributed by atoms with van der Waals surface area (Å²) >= 11 is 0. The zero-order valence-electron chi connectivity index (χ0n) is 15.1. The van der Waals surface area contributed by atoms with Gasteiger partial charge in [0.05, 0.1) is 11.6 Å². The van der Waals surface area contributed by atoms with E-state index in [4.69, 9.17) is 5.11 Å². The number of likely N-dealkylation sites (tertiary alicyclic amines) is 1. The molecule has 3 saturated heterocycles. The average molecular weight is 345 g/mol. The maximum atomic E-state index is 10.2. The SMILES string of the molecule is OCCCN1CC2CC(O)CN2C2(C1)CN(CCc1ccccc1)C2. The van der Waals surface area contributed by atoms with Crippen molar-refractivity contribution >= 4 is 0 Å². The molecule has 3 aliphatic rings. The van der Waals surface area contributed by atoms with Crippen LogP contribution in [0.25, 0.3) is 0 Å². The number of fused-ring (bicyclic) bond motifs is 2. The van der Waals surface area contributed by atoms with Crippen LogP contribution in [0, 0.1) is 0 Å². The van der Waals surface area contributed by atoms with Gasteiger partial charge in [-0.15, -0.1) is 0 Å². The summed E-state index contributed by atoms with van der Waals surface area (Å²) in [6.07, 6.45) is 2.69. The van der Waals surface area contributed by atoms with Crippen molar-refractivity contribution < 1.29 is 10.2 Å². The second kappa shape index (κ2) is 7.33. The van der Waals surface area contributed by atoms with E-state index in [1.54, 1.807) is 0 Å². The van der Waals surface area contributed by atoms with Crippen LogP contribution in [-0.4, -0.2) is 95.0 Å². The zero-order chi connectivity index (χ0) is 17.3. The molecule has 0 aromatic heterocycles. The van der Waals surface area contributed by atoms with E-state index in [9.17, 15) is 5.11 Å². The van der Waals surface area contributed by atoms with Crippen molar-refractivity contribution in [2.75, 3.05) is 52.4 Å². The lowest BCUT2D eigenvalue weighted by atomic mass is 9.83. The number of aliphatic hydroxyl groups is 2. The van der Waals surface area contributed by atoms with E-state index < -0.39 is 0 Å². The van der Waals surface area contributed by atoms with Gasteiger partial charge in [0.25, 0.3) is 0 Å². The van der Waals surface area contributed by atoms with Gasteiger partial charge in [-0.1, -0.05) is 30.3 Å². The molecule has 4 rings (SSSR count). The standard InChI is InChI=1S/C20H31N3O2/c24-10-4-8-21-12-18-11-19(25)13-23(18)20(14-21)15-22(16-20)9-7-17-5-2-1-3-6-17/h1-3,5-6,18-19,24-25H,4,7-16H2. The van der Waals surface area contributed by atoms with Gasteiger partial charge in [0.1, 0.15) is 0 Å². The molecule has 3 heterocycles. The summed E-state index contributed by atoms with van der Waals surface area (Å²) in [5.74, 6) is 0. The van der Waals surface area contributed by atoms with Gasteiger partial charge < -0.3 is 10.2 Å². The molecular formula is C20H31N3O2. The Bertz CT molecular complexity index is 561. The minimum atomic E-state index is -0.168. The van der Waals surface area contributed by atoms with Gasteiger partial charge >= 0.3 is 0 Å². The molecule has 138 valence electrons. The average Bonchev–Trinajstić information content (AvgIpc) is 2.97. The Morgan fingerprint density at radius 3 is 2.52 bits per heavy atom.